The van der Waals surface area contributed by atoms with Gasteiger partial charge in [0.2, 0.25) is 5.91 Å². The predicted molar refractivity (Wildman–Crippen MR) is 226 cm³/mol. The maximum absolute atomic E-state index is 13.2. The van der Waals surface area contributed by atoms with Crippen molar-refractivity contribution in [3.05, 3.63) is 92.9 Å². The van der Waals surface area contributed by atoms with Crippen molar-refractivity contribution in [2.45, 2.75) is 124 Å². The molecule has 1 atom stereocenters. The average Bonchev–Trinajstić information content (AvgIpc) is 3.84. The molecule has 0 saturated carbocycles. The first kappa shape index (κ1) is 43.3. The number of fused-ring (bicyclic) bond motifs is 1. The molecule has 3 aromatic rings. The zero-order valence-corrected chi connectivity index (χ0v) is 34.6. The SMILES string of the molecule is C=Cc1cc(C(CCC)CCC)c(=O)[nH]c1C=C.CC(C)=O.Cc1cc(CC(C)C(=O)N2CCC(N3CCC(c4nncn4C)CC3)CC2)cc2c1CN=C2. The van der Waals surface area contributed by atoms with E-state index in [-0.39, 0.29) is 17.3 Å². The number of hydrogen-bond donors (Lipinski definition) is 1. The van der Waals surface area contributed by atoms with Crippen molar-refractivity contribution < 1.29 is 9.59 Å². The minimum atomic E-state index is 0.0134. The lowest BCUT2D eigenvalue weighted by molar-refractivity contribution is -0.136. The molecule has 0 radical (unpaired) electrons. The molecule has 0 bridgehead atoms. The molecule has 1 aromatic carbocycles. The summed E-state index contributed by atoms with van der Waals surface area (Å²) in [5, 5.41) is 8.36. The van der Waals surface area contributed by atoms with Gasteiger partial charge in [0.05, 0.1) is 6.54 Å². The Bertz CT molecular complexity index is 1830. The number of aryl methyl sites for hydroxylation is 2. The fraction of sp³-hybridized carbons (Fsp3) is 0.556. The largest absolute Gasteiger partial charge is 0.342 e. The quantitative estimate of drug-likeness (QED) is 0.200. The molecule has 0 aliphatic carbocycles. The molecular formula is C45H65N7O3. The molecule has 3 aliphatic heterocycles. The van der Waals surface area contributed by atoms with E-state index in [0.717, 1.165) is 113 Å². The second-order valence-electron chi connectivity index (χ2n) is 15.7. The number of H-pyrrole nitrogens is 1. The normalized spacial score (nSPS) is 16.5. The van der Waals surface area contributed by atoms with Crippen LogP contribution in [0.25, 0.3) is 12.2 Å². The van der Waals surface area contributed by atoms with Crippen LogP contribution < -0.4 is 5.56 Å². The van der Waals surface area contributed by atoms with E-state index in [4.69, 9.17) is 0 Å². The molecule has 5 heterocycles. The molecule has 1 amide bonds. The summed E-state index contributed by atoms with van der Waals surface area (Å²) in [6.07, 6.45) is 16.8. The van der Waals surface area contributed by atoms with Crippen LogP contribution in [0.4, 0.5) is 0 Å². The van der Waals surface area contributed by atoms with E-state index in [9.17, 15) is 14.4 Å². The first-order valence-corrected chi connectivity index (χ1v) is 20.4. The highest BCUT2D eigenvalue weighted by atomic mass is 16.2. The summed E-state index contributed by atoms with van der Waals surface area (Å²) >= 11 is 0. The van der Waals surface area contributed by atoms with E-state index in [0.29, 0.717) is 23.8 Å². The van der Waals surface area contributed by atoms with E-state index >= 15 is 0 Å². The molecule has 3 aliphatic rings. The number of benzene rings is 1. The molecule has 2 aromatic heterocycles. The number of carbonyl (C=O) groups is 2. The minimum Gasteiger partial charge on any atom is -0.342 e. The maximum atomic E-state index is 13.2. The summed E-state index contributed by atoms with van der Waals surface area (Å²) in [5.41, 5.74) is 7.72. The Morgan fingerprint density at radius 2 is 1.64 bits per heavy atom. The third-order valence-electron chi connectivity index (χ3n) is 11.2. The van der Waals surface area contributed by atoms with Gasteiger partial charge in [-0.05, 0) is 131 Å². The van der Waals surface area contributed by atoms with E-state index in [2.05, 4.69) is 87.5 Å². The number of likely N-dealkylation sites (tertiary alicyclic amines) is 2. The fourth-order valence-electron chi connectivity index (χ4n) is 8.36. The van der Waals surface area contributed by atoms with Crippen LogP contribution in [0.15, 0.2) is 47.5 Å². The fourth-order valence-corrected chi connectivity index (χ4v) is 8.36. The molecule has 0 spiro atoms. The van der Waals surface area contributed by atoms with Crippen molar-refractivity contribution in [2.24, 2.45) is 18.0 Å². The lowest BCUT2D eigenvalue weighted by atomic mass is 9.90. The summed E-state index contributed by atoms with van der Waals surface area (Å²) in [5.74, 6) is 2.47. The van der Waals surface area contributed by atoms with Crippen LogP contribution >= 0.6 is 0 Å². The topological polar surface area (TPSA) is 117 Å². The number of carbonyl (C=O) groups excluding carboxylic acids is 2. The summed E-state index contributed by atoms with van der Waals surface area (Å²) in [6, 6.07) is 7.04. The molecule has 10 nitrogen and oxygen atoms in total. The van der Waals surface area contributed by atoms with Crippen LogP contribution in [0.3, 0.4) is 0 Å². The highest BCUT2D eigenvalue weighted by Crippen LogP contribution is 2.30. The molecule has 55 heavy (non-hydrogen) atoms. The number of Topliss-reactive ketones (excluding diaryl/α,β-unsaturated/α-hetero) is 1. The van der Waals surface area contributed by atoms with Gasteiger partial charge in [0.1, 0.15) is 17.9 Å². The van der Waals surface area contributed by atoms with Crippen LogP contribution in [-0.4, -0.2) is 79.7 Å². The highest BCUT2D eigenvalue weighted by Gasteiger charge is 2.32. The van der Waals surface area contributed by atoms with E-state index in [1.54, 1.807) is 18.5 Å². The van der Waals surface area contributed by atoms with E-state index in [1.165, 1.54) is 36.1 Å². The molecule has 298 valence electrons. The van der Waals surface area contributed by atoms with Gasteiger partial charge in [0, 0.05) is 55.5 Å². The van der Waals surface area contributed by atoms with Crippen molar-refractivity contribution in [3.8, 4) is 0 Å². The Hall–Kier alpha value is -4.44. The van der Waals surface area contributed by atoms with Gasteiger partial charge in [-0.25, -0.2) is 0 Å². The summed E-state index contributed by atoms with van der Waals surface area (Å²) in [7, 11) is 2.04. The summed E-state index contributed by atoms with van der Waals surface area (Å²) in [4.78, 5) is 46.8. The lowest BCUT2D eigenvalue weighted by Gasteiger charge is -2.42. The van der Waals surface area contributed by atoms with Crippen molar-refractivity contribution in [1.29, 1.82) is 0 Å². The number of nitrogens with one attached hydrogen (secondary N) is 1. The van der Waals surface area contributed by atoms with Gasteiger partial charge in [0.15, 0.2) is 0 Å². The van der Waals surface area contributed by atoms with Crippen LogP contribution in [-0.2, 0) is 29.6 Å². The third kappa shape index (κ3) is 11.8. The number of rotatable bonds is 12. The predicted octanol–water partition coefficient (Wildman–Crippen LogP) is 8.05. The van der Waals surface area contributed by atoms with Gasteiger partial charge in [-0.1, -0.05) is 58.9 Å². The number of amides is 1. The van der Waals surface area contributed by atoms with Crippen LogP contribution in [0.1, 0.15) is 143 Å². The van der Waals surface area contributed by atoms with Crippen molar-refractivity contribution in [1.82, 2.24) is 29.5 Å². The first-order chi connectivity index (χ1) is 26.4. The standard InChI is InChI=1S/C26H36N6O.C16H23NO.C3H6O/c1-18-12-20(14-22-15-27-16-24(18)22)13-19(2)26(33)32-10-6-23(7-11-32)31-8-4-21(5-9-31)25-29-28-17-30(25)3;1-5-9-13(10-6-2)14-11-12(7-3)15(8-4)17-16(14)18;1-3(2)4/h12,14-15,17,19,21,23H,4-11,13,16H2,1-3H3;7-8,11,13H,3-6,9-10H2,1-2H3,(H,17,18);1-2H3. The number of pyridine rings is 1. The number of piperidine rings is 2. The highest BCUT2D eigenvalue weighted by molar-refractivity contribution is 5.85. The monoisotopic (exact) mass is 752 g/mol. The molecule has 6 rings (SSSR count). The van der Waals surface area contributed by atoms with Gasteiger partial charge < -0.3 is 24.1 Å². The van der Waals surface area contributed by atoms with Crippen molar-refractivity contribution in [2.75, 3.05) is 26.2 Å². The molecule has 1 N–H and O–H groups in total. The molecular weight excluding hydrogens is 687 g/mol. The maximum Gasteiger partial charge on any atom is 0.251 e. The van der Waals surface area contributed by atoms with Gasteiger partial charge >= 0.3 is 0 Å². The third-order valence-corrected chi connectivity index (χ3v) is 11.2. The first-order valence-electron chi connectivity index (χ1n) is 20.4. The second kappa shape index (κ2) is 21.0. The van der Waals surface area contributed by atoms with Gasteiger partial charge in [-0.15, -0.1) is 10.2 Å². The van der Waals surface area contributed by atoms with E-state index < -0.39 is 0 Å². The van der Waals surface area contributed by atoms with Gasteiger partial charge in [0.25, 0.3) is 5.56 Å². The molecule has 1 unspecified atom stereocenters. The Labute approximate surface area is 329 Å². The van der Waals surface area contributed by atoms with Crippen LogP contribution in [0.2, 0.25) is 0 Å². The smallest absolute Gasteiger partial charge is 0.251 e. The van der Waals surface area contributed by atoms with Crippen LogP contribution in [0.5, 0.6) is 0 Å². The Balaban J connectivity index is 0.000000258. The number of hydrogen-bond acceptors (Lipinski definition) is 7. The van der Waals surface area contributed by atoms with Crippen molar-refractivity contribution in [3.63, 3.8) is 0 Å². The van der Waals surface area contributed by atoms with Crippen molar-refractivity contribution >= 4 is 30.1 Å². The summed E-state index contributed by atoms with van der Waals surface area (Å²) in [6.45, 7) is 23.9. The Morgan fingerprint density at radius 1 is 0.982 bits per heavy atom. The van der Waals surface area contributed by atoms with Gasteiger partial charge in [-0.3, -0.25) is 14.6 Å². The van der Waals surface area contributed by atoms with Gasteiger partial charge in [-0.2, -0.15) is 0 Å². The summed E-state index contributed by atoms with van der Waals surface area (Å²) < 4.78 is 2.06. The Morgan fingerprint density at radius 3 is 2.20 bits per heavy atom. The number of aromatic nitrogens is 4. The number of aromatic amines is 1. The minimum absolute atomic E-state index is 0.0134. The molecule has 2 saturated heterocycles. The lowest BCUT2D eigenvalue weighted by Crippen LogP contribution is -2.49. The zero-order valence-electron chi connectivity index (χ0n) is 34.6. The number of nitrogens with zero attached hydrogens (tertiary/aromatic N) is 6. The second-order valence-corrected chi connectivity index (χ2v) is 15.7. The number of ketones is 1. The average molecular weight is 752 g/mol. The number of aliphatic imine (C=N–C) groups is 1. The zero-order chi connectivity index (χ0) is 40.1. The van der Waals surface area contributed by atoms with E-state index in [1.807, 2.05) is 19.3 Å². The molecule has 10 heteroatoms. The molecule has 2 fully saturated rings. The Kier molecular flexibility index (Phi) is 16.5. The van der Waals surface area contributed by atoms with Crippen LogP contribution in [0, 0.1) is 12.8 Å².